The number of phenols is 1. The van der Waals surface area contributed by atoms with Crippen LogP contribution in [-0.4, -0.2) is 17.6 Å². The van der Waals surface area contributed by atoms with Gasteiger partial charge in [0, 0.05) is 12.1 Å². The van der Waals surface area contributed by atoms with E-state index in [4.69, 9.17) is 0 Å². The van der Waals surface area contributed by atoms with Crippen LogP contribution in [-0.2, 0) is 0 Å². The molecule has 0 aliphatic carbocycles. The van der Waals surface area contributed by atoms with Crippen LogP contribution in [0.25, 0.3) is 0 Å². The summed E-state index contributed by atoms with van der Waals surface area (Å²) >= 11 is 0. The molecular formula is C14H21NO2. The molecule has 0 bridgehead atoms. The molecule has 2 N–H and O–H groups in total. The number of aryl methyl sites for hydroxylation is 1. The molecule has 0 spiro atoms. The Morgan fingerprint density at radius 3 is 2.53 bits per heavy atom. The number of phenolic OH excluding ortho intramolecular Hbond substituents is 1. The van der Waals surface area contributed by atoms with E-state index in [1.807, 2.05) is 6.92 Å². The van der Waals surface area contributed by atoms with Crippen molar-refractivity contribution >= 4 is 5.91 Å². The first-order chi connectivity index (χ1) is 8.08. The third kappa shape index (κ3) is 3.77. The van der Waals surface area contributed by atoms with Crippen LogP contribution in [0.5, 0.6) is 5.75 Å². The molecule has 1 aromatic carbocycles. The van der Waals surface area contributed by atoms with Crippen molar-refractivity contribution < 1.29 is 9.90 Å². The maximum atomic E-state index is 11.9. The second-order valence-corrected chi connectivity index (χ2v) is 4.39. The molecule has 0 aliphatic rings. The van der Waals surface area contributed by atoms with Crippen LogP contribution >= 0.6 is 0 Å². The van der Waals surface area contributed by atoms with Gasteiger partial charge >= 0.3 is 0 Å². The molecular weight excluding hydrogens is 214 g/mol. The average molecular weight is 235 g/mol. The molecule has 0 atom stereocenters. The highest BCUT2D eigenvalue weighted by Gasteiger charge is 2.11. The van der Waals surface area contributed by atoms with Crippen molar-refractivity contribution in [1.82, 2.24) is 5.32 Å². The Bertz CT molecular complexity index is 384. The van der Waals surface area contributed by atoms with Crippen molar-refractivity contribution in [1.29, 1.82) is 0 Å². The average Bonchev–Trinajstić information content (AvgIpc) is 2.30. The summed E-state index contributed by atoms with van der Waals surface area (Å²) in [5.41, 5.74) is 1.43. The van der Waals surface area contributed by atoms with Crippen molar-refractivity contribution in [3.8, 4) is 5.75 Å². The van der Waals surface area contributed by atoms with Gasteiger partial charge in [0.25, 0.3) is 5.91 Å². The quantitative estimate of drug-likeness (QED) is 0.824. The van der Waals surface area contributed by atoms with E-state index in [9.17, 15) is 9.90 Å². The van der Waals surface area contributed by atoms with E-state index >= 15 is 0 Å². The number of amides is 1. The Morgan fingerprint density at radius 1 is 1.35 bits per heavy atom. The Hall–Kier alpha value is -1.51. The summed E-state index contributed by atoms with van der Waals surface area (Å²) in [5.74, 6) is 0.671. The minimum atomic E-state index is -0.0607. The zero-order chi connectivity index (χ0) is 12.8. The van der Waals surface area contributed by atoms with Gasteiger partial charge < -0.3 is 10.4 Å². The fourth-order valence-corrected chi connectivity index (χ4v) is 1.81. The molecule has 0 aromatic heterocycles. The fraction of sp³-hybridized carbons (Fsp3) is 0.500. The number of rotatable bonds is 5. The highest BCUT2D eigenvalue weighted by atomic mass is 16.3. The summed E-state index contributed by atoms with van der Waals surface area (Å²) in [6.07, 6.45) is 2.15. The second kappa shape index (κ2) is 6.28. The van der Waals surface area contributed by atoms with Crippen LogP contribution in [0.15, 0.2) is 18.2 Å². The molecule has 0 saturated carbocycles. The van der Waals surface area contributed by atoms with Crippen LogP contribution in [0, 0.1) is 12.8 Å². The summed E-state index contributed by atoms with van der Waals surface area (Å²) in [5, 5.41) is 12.2. The molecule has 0 aliphatic heterocycles. The van der Waals surface area contributed by atoms with E-state index in [0.29, 0.717) is 18.0 Å². The first kappa shape index (κ1) is 13.6. The summed E-state index contributed by atoms with van der Waals surface area (Å²) in [4.78, 5) is 11.9. The van der Waals surface area contributed by atoms with E-state index < -0.39 is 0 Å². The molecule has 1 rings (SSSR count). The van der Waals surface area contributed by atoms with Gasteiger partial charge in [0.15, 0.2) is 0 Å². The molecule has 0 unspecified atom stereocenters. The van der Waals surface area contributed by atoms with Crippen molar-refractivity contribution in [2.45, 2.75) is 33.6 Å². The lowest BCUT2D eigenvalue weighted by Gasteiger charge is -2.14. The molecule has 1 amide bonds. The monoisotopic (exact) mass is 235 g/mol. The first-order valence-corrected chi connectivity index (χ1v) is 6.16. The molecule has 3 heteroatoms. The number of carbonyl (C=O) groups excluding carboxylic acids is 1. The number of aromatic hydroxyl groups is 1. The first-order valence-electron chi connectivity index (χ1n) is 6.16. The SMILES string of the molecule is CCC(CC)CNC(=O)c1ccc(O)cc1C. The van der Waals surface area contributed by atoms with Crippen LogP contribution in [0.1, 0.15) is 42.6 Å². The largest absolute Gasteiger partial charge is 0.508 e. The summed E-state index contributed by atoms with van der Waals surface area (Å²) in [7, 11) is 0. The highest BCUT2D eigenvalue weighted by molar-refractivity contribution is 5.95. The van der Waals surface area contributed by atoms with E-state index in [1.54, 1.807) is 18.2 Å². The van der Waals surface area contributed by atoms with Gasteiger partial charge in [-0.1, -0.05) is 26.7 Å². The van der Waals surface area contributed by atoms with Crippen molar-refractivity contribution in [2.24, 2.45) is 5.92 Å². The van der Waals surface area contributed by atoms with E-state index in [0.717, 1.165) is 18.4 Å². The van der Waals surface area contributed by atoms with Gasteiger partial charge in [-0.15, -0.1) is 0 Å². The van der Waals surface area contributed by atoms with Crippen molar-refractivity contribution in [3.05, 3.63) is 29.3 Å². The molecule has 3 nitrogen and oxygen atoms in total. The van der Waals surface area contributed by atoms with E-state index in [2.05, 4.69) is 19.2 Å². The van der Waals surface area contributed by atoms with Gasteiger partial charge in [-0.3, -0.25) is 4.79 Å². The summed E-state index contributed by atoms with van der Waals surface area (Å²) < 4.78 is 0. The van der Waals surface area contributed by atoms with Gasteiger partial charge in [0.05, 0.1) is 0 Å². The van der Waals surface area contributed by atoms with E-state index in [1.165, 1.54) is 0 Å². The number of benzene rings is 1. The van der Waals surface area contributed by atoms with Gasteiger partial charge in [0.2, 0.25) is 0 Å². The zero-order valence-corrected chi connectivity index (χ0v) is 10.8. The zero-order valence-electron chi connectivity index (χ0n) is 10.8. The Labute approximate surface area is 103 Å². The maximum absolute atomic E-state index is 11.9. The molecule has 94 valence electrons. The lowest BCUT2D eigenvalue weighted by molar-refractivity contribution is 0.0946. The second-order valence-electron chi connectivity index (χ2n) is 4.39. The maximum Gasteiger partial charge on any atom is 0.251 e. The topological polar surface area (TPSA) is 49.3 Å². The lowest BCUT2D eigenvalue weighted by Crippen LogP contribution is -2.29. The Morgan fingerprint density at radius 2 is 2.00 bits per heavy atom. The number of carbonyl (C=O) groups is 1. The predicted octanol–water partition coefficient (Wildman–Crippen LogP) is 2.87. The summed E-state index contributed by atoms with van der Waals surface area (Å²) in [6, 6.07) is 4.80. The fourth-order valence-electron chi connectivity index (χ4n) is 1.81. The summed E-state index contributed by atoms with van der Waals surface area (Å²) in [6.45, 7) is 6.80. The predicted molar refractivity (Wildman–Crippen MR) is 69.2 cm³/mol. The minimum absolute atomic E-state index is 0.0607. The van der Waals surface area contributed by atoms with Gasteiger partial charge in [0.1, 0.15) is 5.75 Å². The van der Waals surface area contributed by atoms with Crippen LogP contribution in [0.4, 0.5) is 0 Å². The van der Waals surface area contributed by atoms with Crippen molar-refractivity contribution in [2.75, 3.05) is 6.54 Å². The van der Waals surface area contributed by atoms with Crippen LogP contribution in [0.3, 0.4) is 0 Å². The molecule has 0 heterocycles. The number of nitrogens with one attached hydrogen (secondary N) is 1. The van der Waals surface area contributed by atoms with Crippen LogP contribution < -0.4 is 5.32 Å². The van der Waals surface area contributed by atoms with E-state index in [-0.39, 0.29) is 11.7 Å². The number of hydrogen-bond donors (Lipinski definition) is 2. The van der Waals surface area contributed by atoms with Gasteiger partial charge in [-0.05, 0) is 36.6 Å². The van der Waals surface area contributed by atoms with Gasteiger partial charge in [-0.2, -0.15) is 0 Å². The molecule has 0 fully saturated rings. The highest BCUT2D eigenvalue weighted by Crippen LogP contribution is 2.15. The number of hydrogen-bond acceptors (Lipinski definition) is 2. The minimum Gasteiger partial charge on any atom is -0.508 e. The third-order valence-corrected chi connectivity index (χ3v) is 3.16. The molecule has 0 radical (unpaired) electrons. The smallest absolute Gasteiger partial charge is 0.251 e. The van der Waals surface area contributed by atoms with Gasteiger partial charge in [-0.25, -0.2) is 0 Å². The standard InChI is InChI=1S/C14H21NO2/c1-4-11(5-2)9-15-14(17)13-7-6-12(16)8-10(13)3/h6-8,11,16H,4-5,9H2,1-3H3,(H,15,17). The normalized spacial score (nSPS) is 10.6. The Balaban J connectivity index is 2.64. The molecule has 1 aromatic rings. The van der Waals surface area contributed by atoms with Crippen molar-refractivity contribution in [3.63, 3.8) is 0 Å². The van der Waals surface area contributed by atoms with Crippen LogP contribution in [0.2, 0.25) is 0 Å². The molecule has 17 heavy (non-hydrogen) atoms. The lowest BCUT2D eigenvalue weighted by atomic mass is 10.0. The molecule has 0 saturated heterocycles. The Kier molecular flexibility index (Phi) is 5.01. The third-order valence-electron chi connectivity index (χ3n) is 3.16.